The second kappa shape index (κ2) is 5.70. The Kier molecular flexibility index (Phi) is 4.18. The van der Waals surface area contributed by atoms with Crippen molar-refractivity contribution in [3.05, 3.63) is 0 Å². The fraction of sp³-hybridized carbons (Fsp3) is 1.00. The first-order valence-corrected chi connectivity index (χ1v) is 8.67. The highest BCUT2D eigenvalue weighted by Gasteiger charge is 2.45. The molecule has 0 spiro atoms. The van der Waals surface area contributed by atoms with E-state index in [0.717, 1.165) is 19.7 Å². The molecule has 0 aromatic rings. The van der Waals surface area contributed by atoms with Crippen LogP contribution < -0.4 is 5.73 Å². The predicted octanol–water partition coefficient (Wildman–Crippen LogP) is 1.85. The summed E-state index contributed by atoms with van der Waals surface area (Å²) in [5.41, 5.74) is 6.47. The van der Waals surface area contributed by atoms with Crippen LogP contribution in [0.15, 0.2) is 0 Å². The van der Waals surface area contributed by atoms with Gasteiger partial charge in [-0.25, -0.2) is 0 Å². The summed E-state index contributed by atoms with van der Waals surface area (Å²) >= 11 is 2.10. The van der Waals surface area contributed by atoms with Crippen molar-refractivity contribution in [2.75, 3.05) is 31.2 Å². The van der Waals surface area contributed by atoms with E-state index in [4.69, 9.17) is 10.5 Å². The van der Waals surface area contributed by atoms with E-state index < -0.39 is 0 Å². The molecule has 104 valence electrons. The van der Waals surface area contributed by atoms with Crippen LogP contribution in [0.2, 0.25) is 0 Å². The lowest BCUT2D eigenvalue weighted by atomic mass is 9.84. The van der Waals surface area contributed by atoms with Gasteiger partial charge in [-0.2, -0.15) is 11.8 Å². The monoisotopic (exact) mass is 270 g/mol. The number of morpholine rings is 1. The molecule has 0 aromatic heterocycles. The lowest BCUT2D eigenvalue weighted by Gasteiger charge is -2.54. The number of thioether (sulfide) groups is 1. The number of rotatable bonds is 2. The Balaban J connectivity index is 1.79. The van der Waals surface area contributed by atoms with Crippen LogP contribution in [0.25, 0.3) is 0 Å². The third-order valence-corrected chi connectivity index (χ3v) is 6.34. The minimum atomic E-state index is 0.271. The lowest BCUT2D eigenvalue weighted by Crippen LogP contribution is -2.66. The zero-order valence-electron chi connectivity index (χ0n) is 11.3. The van der Waals surface area contributed by atoms with Crippen molar-refractivity contribution in [1.82, 2.24) is 4.90 Å². The summed E-state index contributed by atoms with van der Waals surface area (Å²) in [6.45, 7) is 2.83. The molecule has 4 heteroatoms. The van der Waals surface area contributed by atoms with Gasteiger partial charge in [0.2, 0.25) is 0 Å². The van der Waals surface area contributed by atoms with E-state index in [9.17, 15) is 0 Å². The van der Waals surface area contributed by atoms with E-state index >= 15 is 0 Å². The molecule has 0 bridgehead atoms. The highest BCUT2D eigenvalue weighted by atomic mass is 32.2. The number of nitrogens with two attached hydrogens (primary N) is 1. The Labute approximate surface area is 115 Å². The van der Waals surface area contributed by atoms with Crippen LogP contribution in [0.1, 0.15) is 38.5 Å². The summed E-state index contributed by atoms with van der Waals surface area (Å²) in [5, 5.41) is 0. The minimum Gasteiger partial charge on any atom is -0.375 e. The maximum absolute atomic E-state index is 6.20. The molecule has 0 radical (unpaired) electrons. The fourth-order valence-corrected chi connectivity index (χ4v) is 5.33. The van der Waals surface area contributed by atoms with Gasteiger partial charge in [-0.1, -0.05) is 12.8 Å². The van der Waals surface area contributed by atoms with Crippen molar-refractivity contribution in [1.29, 1.82) is 0 Å². The summed E-state index contributed by atoms with van der Waals surface area (Å²) in [4.78, 5) is 2.76. The van der Waals surface area contributed by atoms with Crippen LogP contribution in [-0.2, 0) is 4.74 Å². The summed E-state index contributed by atoms with van der Waals surface area (Å²) < 4.78 is 6.00. The van der Waals surface area contributed by atoms with Gasteiger partial charge in [0, 0.05) is 30.4 Å². The number of hydrogen-bond donors (Lipinski definition) is 1. The smallest absolute Gasteiger partial charge is 0.0731 e. The molecule has 1 aliphatic carbocycles. The molecule has 3 fully saturated rings. The van der Waals surface area contributed by atoms with Crippen LogP contribution in [0.4, 0.5) is 0 Å². The molecule has 0 amide bonds. The molecule has 1 saturated carbocycles. The maximum atomic E-state index is 6.20. The summed E-state index contributed by atoms with van der Waals surface area (Å²) in [7, 11) is 0. The molecule has 3 aliphatic rings. The van der Waals surface area contributed by atoms with Crippen LogP contribution in [0, 0.1) is 0 Å². The zero-order valence-corrected chi connectivity index (χ0v) is 12.1. The van der Waals surface area contributed by atoms with Crippen molar-refractivity contribution in [3.8, 4) is 0 Å². The average molecular weight is 270 g/mol. The molecule has 3 nitrogen and oxygen atoms in total. The molecule has 0 aromatic carbocycles. The highest BCUT2D eigenvalue weighted by Crippen LogP contribution is 2.38. The van der Waals surface area contributed by atoms with Crippen molar-refractivity contribution >= 4 is 11.8 Å². The number of nitrogens with zero attached hydrogens (tertiary/aromatic N) is 1. The molecule has 2 N–H and O–H groups in total. The van der Waals surface area contributed by atoms with Gasteiger partial charge in [0.1, 0.15) is 0 Å². The predicted molar refractivity (Wildman–Crippen MR) is 77.0 cm³/mol. The Bertz CT molecular complexity index is 279. The summed E-state index contributed by atoms with van der Waals surface area (Å²) in [6.07, 6.45) is 8.40. The highest BCUT2D eigenvalue weighted by molar-refractivity contribution is 7.99. The fourth-order valence-electron chi connectivity index (χ4n) is 4.03. The van der Waals surface area contributed by atoms with E-state index in [1.165, 1.54) is 50.0 Å². The third-order valence-electron chi connectivity index (χ3n) is 5.02. The molecular weight excluding hydrogens is 244 g/mol. The molecule has 3 rings (SSSR count). The van der Waals surface area contributed by atoms with Gasteiger partial charge >= 0.3 is 0 Å². The first kappa shape index (κ1) is 13.2. The van der Waals surface area contributed by atoms with Crippen LogP contribution >= 0.6 is 11.8 Å². The molecule has 3 unspecified atom stereocenters. The van der Waals surface area contributed by atoms with Crippen LogP contribution in [-0.4, -0.2) is 53.8 Å². The van der Waals surface area contributed by atoms with Crippen molar-refractivity contribution in [3.63, 3.8) is 0 Å². The second-order valence-electron chi connectivity index (χ2n) is 6.04. The standard InChI is InChI=1S/C14H26N2OS/c15-10-14(6-3-9-18-11-14)16-7-8-17-13-5-2-1-4-12(13)16/h12-13H,1-11,15H2. The summed E-state index contributed by atoms with van der Waals surface area (Å²) in [6, 6.07) is 0.648. The van der Waals surface area contributed by atoms with Crippen LogP contribution in [0.3, 0.4) is 0 Å². The SMILES string of the molecule is NCC1(N2CCOC3CCCCC32)CCCSC1. The van der Waals surface area contributed by atoms with E-state index in [1.807, 2.05) is 0 Å². The molecular formula is C14H26N2OS. The summed E-state index contributed by atoms with van der Waals surface area (Å²) in [5.74, 6) is 2.55. The number of ether oxygens (including phenoxy) is 1. The third kappa shape index (κ3) is 2.33. The Morgan fingerprint density at radius 2 is 2.17 bits per heavy atom. The van der Waals surface area contributed by atoms with Gasteiger partial charge in [-0.15, -0.1) is 0 Å². The minimum absolute atomic E-state index is 0.271. The van der Waals surface area contributed by atoms with E-state index in [2.05, 4.69) is 16.7 Å². The Morgan fingerprint density at radius 1 is 1.28 bits per heavy atom. The topological polar surface area (TPSA) is 38.5 Å². The van der Waals surface area contributed by atoms with Crippen molar-refractivity contribution < 1.29 is 4.74 Å². The van der Waals surface area contributed by atoms with Gasteiger partial charge < -0.3 is 10.5 Å². The first-order chi connectivity index (χ1) is 8.86. The quantitative estimate of drug-likeness (QED) is 0.831. The number of hydrogen-bond acceptors (Lipinski definition) is 4. The Morgan fingerprint density at radius 3 is 2.94 bits per heavy atom. The molecule has 18 heavy (non-hydrogen) atoms. The molecule has 2 heterocycles. The number of fused-ring (bicyclic) bond motifs is 1. The van der Waals surface area contributed by atoms with Crippen molar-refractivity contribution in [2.24, 2.45) is 5.73 Å². The normalized spacial score (nSPS) is 42.5. The second-order valence-corrected chi connectivity index (χ2v) is 7.14. The van der Waals surface area contributed by atoms with Gasteiger partial charge in [0.15, 0.2) is 0 Å². The van der Waals surface area contributed by atoms with Gasteiger partial charge in [0.05, 0.1) is 12.7 Å². The Hall–Kier alpha value is 0.230. The van der Waals surface area contributed by atoms with Crippen LogP contribution in [0.5, 0.6) is 0 Å². The first-order valence-electron chi connectivity index (χ1n) is 7.52. The average Bonchev–Trinajstić information content (AvgIpc) is 2.47. The zero-order chi connectivity index (χ0) is 12.4. The van der Waals surface area contributed by atoms with Gasteiger partial charge in [-0.3, -0.25) is 4.90 Å². The maximum Gasteiger partial charge on any atom is 0.0731 e. The van der Waals surface area contributed by atoms with Crippen molar-refractivity contribution in [2.45, 2.75) is 56.2 Å². The molecule has 3 atom stereocenters. The van der Waals surface area contributed by atoms with Gasteiger partial charge in [-0.05, 0) is 31.4 Å². The van der Waals surface area contributed by atoms with E-state index in [-0.39, 0.29) is 5.54 Å². The molecule has 2 saturated heterocycles. The van der Waals surface area contributed by atoms with E-state index in [0.29, 0.717) is 12.1 Å². The van der Waals surface area contributed by atoms with E-state index in [1.54, 1.807) is 0 Å². The lowest BCUT2D eigenvalue weighted by molar-refractivity contribution is -0.122. The largest absolute Gasteiger partial charge is 0.375 e. The van der Waals surface area contributed by atoms with Gasteiger partial charge in [0.25, 0.3) is 0 Å². The molecule has 2 aliphatic heterocycles.